The van der Waals surface area contributed by atoms with Crippen molar-refractivity contribution in [3.63, 3.8) is 0 Å². The molecule has 1 saturated heterocycles. The molecule has 602 valence electrons. The van der Waals surface area contributed by atoms with Crippen LogP contribution in [-0.4, -0.2) is 183 Å². The molecule has 6 aromatic carbocycles. The zero-order valence-electron chi connectivity index (χ0n) is 61.0. The maximum absolute atomic E-state index is 16.4. The Morgan fingerprint density at radius 3 is 1.83 bits per heavy atom. The normalized spacial score (nSPS) is 28.3. The van der Waals surface area contributed by atoms with Crippen molar-refractivity contribution in [1.82, 2.24) is 47.3 Å². The molecule has 0 radical (unpaired) electrons. The Morgan fingerprint density at radius 1 is 0.628 bits per heavy atom. The van der Waals surface area contributed by atoms with Gasteiger partial charge in [-0.2, -0.15) is 0 Å². The number of halogens is 2. The van der Waals surface area contributed by atoms with Crippen molar-refractivity contribution in [2.24, 2.45) is 29.6 Å². The number of hydrogen-bond donors (Lipinski definition) is 18. The number of sulfonamides is 1. The molecule has 14 atom stereocenters. The van der Waals surface area contributed by atoms with Gasteiger partial charge in [-0.05, 0) is 189 Å². The van der Waals surface area contributed by atoms with Crippen molar-refractivity contribution in [3.05, 3.63) is 141 Å². The van der Waals surface area contributed by atoms with E-state index in [2.05, 4.69) is 42.5 Å². The average molecular weight is 1620 g/mol. The number of aliphatic hydroxyl groups is 6. The number of ether oxygens (including phenoxy) is 5. The minimum absolute atomic E-state index is 0.0583. The second-order valence-corrected chi connectivity index (χ2v) is 32.3. The molecule has 6 aromatic rings. The number of carbonyl (C=O) groups excluding carboxylic acids is 8. The molecule has 33 nitrogen and oxygen atoms in total. The van der Waals surface area contributed by atoms with Crippen LogP contribution in [-0.2, 0) is 53.1 Å². The molecule has 4 saturated carbocycles. The first-order chi connectivity index (χ1) is 53.8. The zero-order valence-corrected chi connectivity index (χ0v) is 63.4. The fraction of sp³-hybridized carbons (Fsp3) is 0.429. The van der Waals surface area contributed by atoms with Crippen molar-refractivity contribution in [2.45, 2.75) is 162 Å². The van der Waals surface area contributed by atoms with Gasteiger partial charge in [0.15, 0.2) is 11.5 Å². The summed E-state index contributed by atoms with van der Waals surface area (Å²) >= 11 is 14.2. The number of hydrogen-bond acceptors (Lipinski definition) is 25. The number of carbonyl (C=O) groups is 8. The highest BCUT2D eigenvalue weighted by atomic mass is 35.5. The van der Waals surface area contributed by atoms with Crippen molar-refractivity contribution < 1.29 is 116 Å². The summed E-state index contributed by atoms with van der Waals surface area (Å²) in [6, 6.07) is 4.08. The van der Waals surface area contributed by atoms with Crippen LogP contribution in [0.4, 0.5) is 0 Å². The molecule has 0 unspecified atom stereocenters. The van der Waals surface area contributed by atoms with Crippen molar-refractivity contribution in [3.8, 4) is 62.9 Å². The summed E-state index contributed by atoms with van der Waals surface area (Å²) in [6.07, 6.45) is -11.2. The van der Waals surface area contributed by atoms with Gasteiger partial charge in [0.25, 0.3) is 10.0 Å². The van der Waals surface area contributed by atoms with Gasteiger partial charge in [-0.1, -0.05) is 55.2 Å². The minimum atomic E-state index is -4.87. The number of nitrogens with one attached hydrogen (secondary N) is 9. The third-order valence-corrected chi connectivity index (χ3v) is 23.6. The molecule has 8 amide bonds. The molecule has 16 rings (SSSR count). The fourth-order valence-corrected chi connectivity index (χ4v) is 17.7. The number of rotatable bonds is 16. The number of phenolic OH excluding ortho intramolecular Hbond substituents is 3. The molecule has 0 spiro atoms. The molecule has 0 aromatic heterocycles. The predicted octanol–water partition coefficient (Wildman–Crippen LogP) is 3.14. The lowest BCUT2D eigenvalue weighted by Gasteiger charge is -2.54. The first kappa shape index (κ1) is 80.9. The highest BCUT2D eigenvalue weighted by molar-refractivity contribution is 7.90. The largest absolute Gasteiger partial charge is 0.508 e. The first-order valence-electron chi connectivity index (χ1n) is 36.7. The molecule has 6 aliphatic heterocycles. The molecular weight excluding hydrogens is 1540 g/mol. The molecule has 4 aliphatic carbocycles. The lowest BCUT2D eigenvalue weighted by atomic mass is 9.54. The van der Waals surface area contributed by atoms with Crippen LogP contribution >= 0.6 is 23.2 Å². The molecule has 113 heavy (non-hydrogen) atoms. The van der Waals surface area contributed by atoms with Gasteiger partial charge in [-0.25, -0.2) is 13.1 Å². The number of aromatic hydroxyl groups is 3. The Morgan fingerprint density at radius 2 is 1.23 bits per heavy atom. The Bertz CT molecular complexity index is 4820. The monoisotopic (exact) mass is 1620 g/mol. The molecule has 5 fully saturated rings. The average Bonchev–Trinajstić information content (AvgIpc) is 0.756. The van der Waals surface area contributed by atoms with Crippen LogP contribution in [0.2, 0.25) is 10.0 Å². The number of likely N-dealkylation sites (N-methyl/N-ethyl adjacent to an activating group) is 1. The van der Waals surface area contributed by atoms with E-state index in [9.17, 15) is 64.0 Å². The van der Waals surface area contributed by atoms with Gasteiger partial charge < -0.3 is 112 Å². The quantitative estimate of drug-likeness (QED) is 0.0662. The summed E-state index contributed by atoms with van der Waals surface area (Å²) in [4.78, 5) is 123. The van der Waals surface area contributed by atoms with Crippen molar-refractivity contribution >= 4 is 80.5 Å². The number of fused-ring (bicyclic) bond motifs is 15. The van der Waals surface area contributed by atoms with E-state index < -0.39 is 216 Å². The Balaban J connectivity index is 1.01. The van der Waals surface area contributed by atoms with Crippen LogP contribution in [0, 0.1) is 29.6 Å². The van der Waals surface area contributed by atoms with Crippen LogP contribution in [0.5, 0.6) is 51.7 Å². The van der Waals surface area contributed by atoms with Gasteiger partial charge >= 0.3 is 0 Å². The van der Waals surface area contributed by atoms with E-state index >= 15 is 28.8 Å². The Hall–Kier alpha value is -10.1. The molecule has 10 aliphatic rings. The van der Waals surface area contributed by atoms with Crippen LogP contribution in [0.1, 0.15) is 124 Å². The van der Waals surface area contributed by atoms with Crippen LogP contribution < -0.4 is 66.2 Å². The van der Waals surface area contributed by atoms with Crippen molar-refractivity contribution in [2.75, 3.05) is 20.3 Å². The van der Waals surface area contributed by atoms with Crippen molar-refractivity contribution in [1.29, 1.82) is 0 Å². The van der Waals surface area contributed by atoms with Gasteiger partial charge in [0.05, 0.1) is 40.6 Å². The highest BCUT2D eigenvalue weighted by Crippen LogP contribution is 2.55. The summed E-state index contributed by atoms with van der Waals surface area (Å²) in [7, 11) is -3.42. The second-order valence-electron chi connectivity index (χ2n) is 29.8. The predicted molar refractivity (Wildman–Crippen MR) is 398 cm³/mol. The number of benzene rings is 6. The van der Waals surface area contributed by atoms with Crippen LogP contribution in [0.3, 0.4) is 0 Å². The number of amides is 8. The van der Waals surface area contributed by atoms with E-state index in [4.69, 9.17) is 46.9 Å². The maximum Gasteiger partial charge on any atom is 0.264 e. The van der Waals surface area contributed by atoms with Gasteiger partial charge in [-0.15, -0.1) is 0 Å². The van der Waals surface area contributed by atoms with E-state index in [-0.39, 0.29) is 81.7 Å². The summed E-state index contributed by atoms with van der Waals surface area (Å²) in [5, 5.41) is 125. The lowest BCUT2D eigenvalue weighted by molar-refractivity contribution is -0.277. The Labute approximate surface area is 656 Å². The fourth-order valence-electron chi connectivity index (χ4n) is 16.3. The van der Waals surface area contributed by atoms with Crippen LogP contribution in [0.15, 0.2) is 108 Å². The van der Waals surface area contributed by atoms with E-state index in [0.29, 0.717) is 11.8 Å². The molecule has 15 bridgehead atoms. The maximum atomic E-state index is 16.4. The summed E-state index contributed by atoms with van der Waals surface area (Å²) in [5.41, 5.74) is -2.37. The summed E-state index contributed by atoms with van der Waals surface area (Å²) in [5.74, 6) is -14.0. The SMILES string of the molecule is CCOc1ccc(S(=O)(=O)NC(=O)C[C@@H]2NC(=O)[C@H](NC(=O)[C@@H](CC(C)C)NC)[C@H](O)c3ccc(c(Cl)c3)Oc3cc4cc(c3O[C@@H]3O[C@H](CO)[C@@H](O)[C@H](O)[C@H]3O)Oc3ccc(cc3Cl)[C@@H](O)[C@@H]3NC(=O)[C@H](NC(=O)[C@@H]4NC2=O)c2ccc(O)c(c2)-c2c(O)cc(O)cc2[C@@H](C(=O)NC2C4CC5CC(C4)CC2C5)NC3=O)cc1. The van der Waals surface area contributed by atoms with Crippen LogP contribution in [0.25, 0.3) is 11.1 Å². The van der Waals surface area contributed by atoms with E-state index in [1.54, 1.807) is 20.8 Å². The standard InChI is InChI=1S/C77H85Cl2N9O24S/c1-5-108-41-9-11-42(12-10-41)113(106,107)88-56(93)29-48-71(100)83-60-39-25-53(109-51-14-7-35(23-45(51)78)64(94)62(75(104)81-48)86-70(99)47(80-4)16-31(2)3)69(112-77-68(98)67(97)66(96)55(30-89)111-77)54(26-39)110-52-15-8-36(24-46(52)79)65(95)63-76(105)85-61(74(103)82-58-37-18-32-17-33(20-37)21-38(58)19-32)44-27-40(90)28-50(92)57(44)43-22-34(6-13-49(43)91)59(72(101)87-63)84-73(60)102/h6-15,22-28,31-33,37-38,47-48,55,58-68,77,80,89-92,94-98H,5,16-21,29-30H2,1-4H3,(H,81,104)(H,82,103)(H,83,100)(H,84,102)(H,85,105)(H,86,99)(H,87,101)(H,88,93)/t32?,33?,37?,38?,47-,48+,55-,58?,59-,60-,61+,62-,63+,64-,65-,66-,67+,68-,77+/m1/s1. The molecule has 36 heteroatoms. The van der Waals surface area contributed by atoms with Gasteiger partial charge in [0.1, 0.15) is 107 Å². The third-order valence-electron chi connectivity index (χ3n) is 21.6. The molecular formula is C77H85Cl2N9O24S. The first-order valence-corrected chi connectivity index (χ1v) is 39.0. The van der Waals surface area contributed by atoms with Gasteiger partial charge in [0.2, 0.25) is 59.3 Å². The van der Waals surface area contributed by atoms with Gasteiger partial charge in [-0.3, -0.25) is 38.4 Å². The molecule has 18 N–H and O–H groups in total. The van der Waals surface area contributed by atoms with E-state index in [1.165, 1.54) is 31.3 Å². The second kappa shape index (κ2) is 33.1. The third kappa shape index (κ3) is 17.0. The number of aliphatic hydroxyl groups excluding tert-OH is 6. The molecule has 6 heterocycles. The smallest absolute Gasteiger partial charge is 0.264 e. The summed E-state index contributed by atoms with van der Waals surface area (Å²) < 4.78 is 60.7. The highest BCUT2D eigenvalue weighted by Gasteiger charge is 2.51. The zero-order chi connectivity index (χ0) is 80.9. The summed E-state index contributed by atoms with van der Waals surface area (Å²) in [6.45, 7) is 4.52. The number of phenols is 3. The minimum Gasteiger partial charge on any atom is -0.508 e. The van der Waals surface area contributed by atoms with E-state index in [0.717, 1.165) is 111 Å². The lowest BCUT2D eigenvalue weighted by Crippen LogP contribution is -2.60. The Kier molecular flexibility index (Phi) is 23.7. The van der Waals surface area contributed by atoms with E-state index in [1.807, 2.05) is 4.72 Å². The van der Waals surface area contributed by atoms with Gasteiger partial charge in [0, 0.05) is 23.2 Å². The topological polar surface area (TPSA) is 507 Å².